The number of fused-ring (bicyclic) bond motifs is 1. The largest absolute Gasteiger partial charge is 0.388 e. The van der Waals surface area contributed by atoms with Crippen molar-refractivity contribution in [3.05, 3.63) is 0 Å². The van der Waals surface area contributed by atoms with Gasteiger partial charge in [0.25, 0.3) is 0 Å². The zero-order valence-corrected chi connectivity index (χ0v) is 11.5. The van der Waals surface area contributed by atoms with E-state index in [-0.39, 0.29) is 0 Å². The van der Waals surface area contributed by atoms with Gasteiger partial charge in [-0.1, -0.05) is 12.8 Å². The molecule has 1 aliphatic carbocycles. The topological polar surface area (TPSA) is 35.5 Å². The summed E-state index contributed by atoms with van der Waals surface area (Å²) >= 11 is 0. The average Bonchev–Trinajstić information content (AvgIpc) is 2.40. The van der Waals surface area contributed by atoms with Crippen LogP contribution >= 0.6 is 0 Å². The number of nitrogens with one attached hydrogen (secondary N) is 1. The van der Waals surface area contributed by atoms with Crippen LogP contribution in [0.15, 0.2) is 0 Å². The molecule has 1 saturated carbocycles. The van der Waals surface area contributed by atoms with Crippen LogP contribution in [0.4, 0.5) is 0 Å². The molecule has 0 amide bonds. The molecule has 0 bridgehead atoms. The number of rotatable bonds is 2. The van der Waals surface area contributed by atoms with Gasteiger partial charge in [0.15, 0.2) is 0 Å². The molecule has 2 N–H and O–H groups in total. The second kappa shape index (κ2) is 5.48. The first kappa shape index (κ1) is 12.9. The molecule has 3 nitrogen and oxygen atoms in total. The van der Waals surface area contributed by atoms with Crippen LogP contribution in [-0.4, -0.2) is 47.8 Å². The molecule has 0 radical (unpaired) electrons. The van der Waals surface area contributed by atoms with Gasteiger partial charge < -0.3 is 10.4 Å². The zero-order chi connectivity index (χ0) is 12.4. The fourth-order valence-corrected chi connectivity index (χ4v) is 4.35. The second-order valence-corrected chi connectivity index (χ2v) is 6.70. The highest BCUT2D eigenvalue weighted by atomic mass is 16.3. The maximum Gasteiger partial charge on any atom is 0.0798 e. The van der Waals surface area contributed by atoms with Crippen molar-refractivity contribution in [2.45, 2.75) is 63.0 Å². The minimum Gasteiger partial charge on any atom is -0.388 e. The molecular formula is C15H28N2O. The number of hydrogen-bond acceptors (Lipinski definition) is 3. The standard InChI is InChI=1S/C15H28N2O/c18-15(7-9-16-10-8-15)12-17-11-3-5-13-4-1-2-6-14(13)17/h13-14,16,18H,1-12H2/t13-,14-/m1/s1. The first-order chi connectivity index (χ1) is 8.77. The van der Waals surface area contributed by atoms with Crippen LogP contribution in [0.2, 0.25) is 0 Å². The Bertz CT molecular complexity index is 274. The van der Waals surface area contributed by atoms with Crippen LogP contribution in [-0.2, 0) is 0 Å². The molecule has 104 valence electrons. The Morgan fingerprint density at radius 2 is 1.78 bits per heavy atom. The maximum absolute atomic E-state index is 10.7. The van der Waals surface area contributed by atoms with Gasteiger partial charge in [0.2, 0.25) is 0 Å². The van der Waals surface area contributed by atoms with E-state index in [0.29, 0.717) is 0 Å². The lowest BCUT2D eigenvalue weighted by Gasteiger charge is -2.47. The van der Waals surface area contributed by atoms with Gasteiger partial charge in [0.1, 0.15) is 0 Å². The molecule has 0 aromatic rings. The molecule has 18 heavy (non-hydrogen) atoms. The Kier molecular flexibility index (Phi) is 3.92. The minimum atomic E-state index is -0.412. The summed E-state index contributed by atoms with van der Waals surface area (Å²) in [6.45, 7) is 4.11. The third-order valence-corrected chi connectivity index (χ3v) is 5.39. The number of β-amino-alcohol motifs (C(OH)–C–C–N with tert-alkyl or cyclic N) is 1. The lowest BCUT2D eigenvalue weighted by atomic mass is 9.77. The van der Waals surface area contributed by atoms with E-state index in [1.165, 1.54) is 45.1 Å². The molecule has 2 heterocycles. The summed E-state index contributed by atoms with van der Waals surface area (Å²) in [5.41, 5.74) is -0.412. The molecule has 3 aliphatic rings. The SMILES string of the molecule is OC1(CN2CCC[C@H]3CCCC[C@H]32)CCNCC1. The highest BCUT2D eigenvalue weighted by Crippen LogP contribution is 2.36. The Balaban J connectivity index is 1.63. The van der Waals surface area contributed by atoms with Gasteiger partial charge in [-0.15, -0.1) is 0 Å². The number of nitrogens with zero attached hydrogens (tertiary/aromatic N) is 1. The Labute approximate surface area is 111 Å². The van der Waals surface area contributed by atoms with E-state index in [1.54, 1.807) is 0 Å². The van der Waals surface area contributed by atoms with Gasteiger partial charge in [-0.25, -0.2) is 0 Å². The summed E-state index contributed by atoms with van der Waals surface area (Å²) in [6, 6.07) is 0.784. The fraction of sp³-hybridized carbons (Fsp3) is 1.00. The van der Waals surface area contributed by atoms with Crippen molar-refractivity contribution in [2.24, 2.45) is 5.92 Å². The number of hydrogen-bond donors (Lipinski definition) is 2. The Morgan fingerprint density at radius 1 is 1.06 bits per heavy atom. The normalized spacial score (nSPS) is 37.2. The smallest absolute Gasteiger partial charge is 0.0798 e. The van der Waals surface area contributed by atoms with Gasteiger partial charge in [0, 0.05) is 12.6 Å². The van der Waals surface area contributed by atoms with Crippen LogP contribution < -0.4 is 5.32 Å². The Morgan fingerprint density at radius 3 is 2.61 bits per heavy atom. The first-order valence-corrected chi connectivity index (χ1v) is 7.94. The molecule has 0 spiro atoms. The predicted octanol–water partition coefficient (Wildman–Crippen LogP) is 1.76. The lowest BCUT2D eigenvalue weighted by molar-refractivity contribution is -0.0530. The number of piperidine rings is 2. The quantitative estimate of drug-likeness (QED) is 0.786. The van der Waals surface area contributed by atoms with Crippen LogP contribution in [0, 0.1) is 5.92 Å². The van der Waals surface area contributed by atoms with E-state index in [2.05, 4.69) is 10.2 Å². The Hall–Kier alpha value is -0.120. The molecule has 2 saturated heterocycles. The minimum absolute atomic E-state index is 0.412. The summed E-state index contributed by atoms with van der Waals surface area (Å²) in [6.07, 6.45) is 10.3. The summed E-state index contributed by atoms with van der Waals surface area (Å²) in [5.74, 6) is 0.929. The van der Waals surface area contributed by atoms with Crippen LogP contribution in [0.3, 0.4) is 0 Å². The van der Waals surface area contributed by atoms with Gasteiger partial charge in [-0.05, 0) is 64.1 Å². The van der Waals surface area contributed by atoms with E-state index < -0.39 is 5.60 Å². The van der Waals surface area contributed by atoms with Gasteiger partial charge in [0.05, 0.1) is 5.60 Å². The van der Waals surface area contributed by atoms with E-state index in [9.17, 15) is 5.11 Å². The van der Waals surface area contributed by atoms with Crippen molar-refractivity contribution in [2.75, 3.05) is 26.2 Å². The summed E-state index contributed by atoms with van der Waals surface area (Å²) in [5, 5.41) is 14.1. The highest BCUT2D eigenvalue weighted by Gasteiger charge is 2.38. The van der Waals surface area contributed by atoms with Crippen molar-refractivity contribution >= 4 is 0 Å². The van der Waals surface area contributed by atoms with Crippen molar-refractivity contribution in [3.8, 4) is 0 Å². The van der Waals surface area contributed by atoms with E-state index in [4.69, 9.17) is 0 Å². The van der Waals surface area contributed by atoms with Gasteiger partial charge in [-0.3, -0.25) is 4.90 Å². The number of likely N-dealkylation sites (tertiary alicyclic amines) is 1. The summed E-state index contributed by atoms with van der Waals surface area (Å²) < 4.78 is 0. The molecule has 3 fully saturated rings. The lowest BCUT2D eigenvalue weighted by Crippen LogP contribution is -2.55. The first-order valence-electron chi connectivity index (χ1n) is 7.94. The second-order valence-electron chi connectivity index (χ2n) is 6.70. The van der Waals surface area contributed by atoms with Gasteiger partial charge in [-0.2, -0.15) is 0 Å². The fourth-order valence-electron chi connectivity index (χ4n) is 4.35. The third kappa shape index (κ3) is 2.73. The van der Waals surface area contributed by atoms with E-state index in [0.717, 1.165) is 44.4 Å². The van der Waals surface area contributed by atoms with Crippen LogP contribution in [0.5, 0.6) is 0 Å². The van der Waals surface area contributed by atoms with Crippen molar-refractivity contribution in [1.29, 1.82) is 0 Å². The van der Waals surface area contributed by atoms with Crippen molar-refractivity contribution in [3.63, 3.8) is 0 Å². The van der Waals surface area contributed by atoms with Crippen molar-refractivity contribution in [1.82, 2.24) is 10.2 Å². The monoisotopic (exact) mass is 252 g/mol. The number of aliphatic hydroxyl groups is 1. The highest BCUT2D eigenvalue weighted by molar-refractivity contribution is 4.93. The molecule has 0 aromatic carbocycles. The molecule has 3 rings (SSSR count). The van der Waals surface area contributed by atoms with E-state index >= 15 is 0 Å². The summed E-state index contributed by atoms with van der Waals surface area (Å²) in [7, 11) is 0. The van der Waals surface area contributed by atoms with Gasteiger partial charge >= 0.3 is 0 Å². The molecule has 0 unspecified atom stereocenters. The van der Waals surface area contributed by atoms with Crippen molar-refractivity contribution < 1.29 is 5.11 Å². The predicted molar refractivity (Wildman–Crippen MR) is 73.6 cm³/mol. The molecular weight excluding hydrogens is 224 g/mol. The van der Waals surface area contributed by atoms with E-state index in [1.807, 2.05) is 0 Å². The maximum atomic E-state index is 10.7. The van der Waals surface area contributed by atoms with Crippen LogP contribution in [0.25, 0.3) is 0 Å². The zero-order valence-electron chi connectivity index (χ0n) is 11.5. The van der Waals surface area contributed by atoms with Crippen LogP contribution in [0.1, 0.15) is 51.4 Å². The third-order valence-electron chi connectivity index (χ3n) is 5.39. The molecule has 3 heteroatoms. The molecule has 2 atom stereocenters. The summed E-state index contributed by atoms with van der Waals surface area (Å²) in [4.78, 5) is 2.64. The molecule has 0 aromatic heterocycles. The molecule has 2 aliphatic heterocycles. The average molecular weight is 252 g/mol.